The van der Waals surface area contributed by atoms with E-state index in [1.807, 2.05) is 12.1 Å². The molecule has 2 fully saturated rings. The molecule has 0 bridgehead atoms. The fourth-order valence-corrected chi connectivity index (χ4v) is 3.65. The molecule has 1 saturated carbocycles. The molecule has 1 aromatic heterocycles. The van der Waals surface area contributed by atoms with Crippen LogP contribution in [-0.2, 0) is 0 Å². The van der Waals surface area contributed by atoms with E-state index >= 15 is 0 Å². The monoisotopic (exact) mass is 340 g/mol. The number of aromatic nitrogens is 1. The van der Waals surface area contributed by atoms with Crippen molar-refractivity contribution in [1.29, 1.82) is 0 Å². The van der Waals surface area contributed by atoms with E-state index in [0.717, 1.165) is 36.9 Å². The summed E-state index contributed by atoms with van der Waals surface area (Å²) in [4.78, 5) is 30.2. The van der Waals surface area contributed by atoms with E-state index in [-0.39, 0.29) is 11.8 Å². The number of oxazole rings is 1. The Labute approximate surface area is 145 Å². The second kappa shape index (κ2) is 6.35. The molecule has 0 unspecified atom stereocenters. The van der Waals surface area contributed by atoms with Crippen LogP contribution in [0.3, 0.4) is 0 Å². The first-order valence-electron chi connectivity index (χ1n) is 8.70. The summed E-state index contributed by atoms with van der Waals surface area (Å²) < 4.78 is 5.36. The lowest BCUT2D eigenvalue weighted by Crippen LogP contribution is -2.38. The third-order valence-corrected chi connectivity index (χ3v) is 5.17. The van der Waals surface area contributed by atoms with Gasteiger partial charge in [-0.05, 0) is 43.2 Å². The molecule has 4 rings (SSSR count). The Bertz CT molecular complexity index is 801. The molecule has 25 heavy (non-hydrogen) atoms. The summed E-state index contributed by atoms with van der Waals surface area (Å²) in [5.74, 6) is -0.0761. The minimum Gasteiger partial charge on any atom is -0.478 e. The number of hydrogen-bond donors (Lipinski definition) is 1. The number of carbonyl (C=O) groups excluding carboxylic acids is 1. The van der Waals surface area contributed by atoms with Gasteiger partial charge in [0.25, 0.3) is 5.91 Å². The van der Waals surface area contributed by atoms with Gasteiger partial charge in [-0.2, -0.15) is 0 Å². The van der Waals surface area contributed by atoms with Gasteiger partial charge in [0.05, 0.1) is 11.3 Å². The largest absolute Gasteiger partial charge is 0.478 e. The van der Waals surface area contributed by atoms with E-state index in [1.165, 1.54) is 6.39 Å². The number of carbonyl (C=O) groups is 2. The average Bonchev–Trinajstić information content (AvgIpc) is 3.38. The summed E-state index contributed by atoms with van der Waals surface area (Å²) in [6.07, 6.45) is 5.00. The van der Waals surface area contributed by atoms with Gasteiger partial charge >= 0.3 is 5.97 Å². The Hall–Kier alpha value is -2.63. The maximum Gasteiger partial charge on any atom is 0.335 e. The minimum atomic E-state index is -0.898. The molecule has 1 aromatic carbocycles. The van der Waals surface area contributed by atoms with Crippen LogP contribution in [0.1, 0.15) is 69.7 Å². The highest BCUT2D eigenvalue weighted by Crippen LogP contribution is 2.41. The summed E-state index contributed by atoms with van der Waals surface area (Å²) in [5.41, 5.74) is 2.02. The molecule has 6 nitrogen and oxygen atoms in total. The van der Waals surface area contributed by atoms with E-state index in [9.17, 15) is 14.7 Å². The van der Waals surface area contributed by atoms with Crippen LogP contribution in [0.2, 0.25) is 0 Å². The average molecular weight is 340 g/mol. The maximum absolute atomic E-state index is 12.7. The predicted molar refractivity (Wildman–Crippen MR) is 89.8 cm³/mol. The topological polar surface area (TPSA) is 83.6 Å². The number of likely N-dealkylation sites (tertiary alicyclic amines) is 1. The molecule has 0 atom stereocenters. The van der Waals surface area contributed by atoms with E-state index in [0.29, 0.717) is 30.3 Å². The van der Waals surface area contributed by atoms with Gasteiger partial charge in [-0.25, -0.2) is 9.78 Å². The van der Waals surface area contributed by atoms with Crippen LogP contribution in [0.4, 0.5) is 0 Å². The predicted octanol–water partition coefficient (Wildman–Crippen LogP) is 3.27. The van der Waals surface area contributed by atoms with E-state index in [4.69, 9.17) is 4.42 Å². The summed E-state index contributed by atoms with van der Waals surface area (Å²) >= 11 is 0. The molecule has 130 valence electrons. The Morgan fingerprint density at radius 2 is 1.80 bits per heavy atom. The number of piperidine rings is 1. The van der Waals surface area contributed by atoms with Crippen LogP contribution < -0.4 is 0 Å². The number of nitrogens with zero attached hydrogens (tertiary/aromatic N) is 2. The van der Waals surface area contributed by atoms with Gasteiger partial charge in [0, 0.05) is 19.0 Å². The molecule has 0 spiro atoms. The molecule has 1 saturated heterocycles. The first kappa shape index (κ1) is 15.9. The number of aromatic carboxylic acids is 1. The standard InChI is InChI=1S/C19H20N2O4/c22-18(17-16(13-5-6-13)20-11-25-17)21-9-7-12(8-10-21)14-3-1-2-4-15(14)19(23)24/h1-4,11-13H,5-10H2,(H,23,24). The molecule has 6 heteroatoms. The van der Waals surface area contributed by atoms with Gasteiger partial charge in [-0.15, -0.1) is 0 Å². The van der Waals surface area contributed by atoms with Gasteiger partial charge in [0.2, 0.25) is 5.76 Å². The van der Waals surface area contributed by atoms with E-state index in [2.05, 4.69) is 4.98 Å². The number of rotatable bonds is 4. The Morgan fingerprint density at radius 1 is 1.08 bits per heavy atom. The van der Waals surface area contributed by atoms with Crippen LogP contribution in [0, 0.1) is 0 Å². The number of carboxylic acid groups (broad SMARTS) is 1. The molecule has 2 heterocycles. The second-order valence-corrected chi connectivity index (χ2v) is 6.80. The van der Waals surface area contributed by atoms with Crippen molar-refractivity contribution in [3.05, 3.63) is 53.2 Å². The molecule has 2 aromatic rings. The van der Waals surface area contributed by atoms with Crippen molar-refractivity contribution in [2.24, 2.45) is 0 Å². The van der Waals surface area contributed by atoms with Gasteiger partial charge in [0.15, 0.2) is 6.39 Å². The highest BCUT2D eigenvalue weighted by molar-refractivity contribution is 5.93. The normalized spacial score (nSPS) is 18.3. The van der Waals surface area contributed by atoms with Crippen LogP contribution in [-0.4, -0.2) is 40.0 Å². The number of benzene rings is 1. The van der Waals surface area contributed by atoms with Crippen molar-refractivity contribution >= 4 is 11.9 Å². The zero-order valence-corrected chi connectivity index (χ0v) is 13.9. The van der Waals surface area contributed by atoms with Crippen molar-refractivity contribution in [1.82, 2.24) is 9.88 Å². The maximum atomic E-state index is 12.7. The third-order valence-electron chi connectivity index (χ3n) is 5.17. The Morgan fingerprint density at radius 3 is 2.48 bits per heavy atom. The van der Waals surface area contributed by atoms with Crippen LogP contribution in [0.25, 0.3) is 0 Å². The van der Waals surface area contributed by atoms with E-state index < -0.39 is 5.97 Å². The van der Waals surface area contributed by atoms with Crippen molar-refractivity contribution in [3.63, 3.8) is 0 Å². The van der Waals surface area contributed by atoms with Crippen molar-refractivity contribution < 1.29 is 19.1 Å². The highest BCUT2D eigenvalue weighted by atomic mass is 16.4. The molecule has 1 aliphatic carbocycles. The quantitative estimate of drug-likeness (QED) is 0.923. The first-order chi connectivity index (χ1) is 12.1. The van der Waals surface area contributed by atoms with E-state index in [1.54, 1.807) is 17.0 Å². The SMILES string of the molecule is O=C(O)c1ccccc1C1CCN(C(=O)c2ocnc2C2CC2)CC1. The highest BCUT2D eigenvalue weighted by Gasteiger charge is 2.35. The molecule has 0 radical (unpaired) electrons. The molecule has 1 N–H and O–H groups in total. The van der Waals surface area contributed by atoms with Crippen LogP contribution in [0.5, 0.6) is 0 Å². The molecular weight excluding hydrogens is 320 g/mol. The van der Waals surface area contributed by atoms with Crippen LogP contribution >= 0.6 is 0 Å². The smallest absolute Gasteiger partial charge is 0.335 e. The lowest BCUT2D eigenvalue weighted by atomic mass is 9.86. The zero-order chi connectivity index (χ0) is 17.4. The molecule has 2 aliphatic rings. The summed E-state index contributed by atoms with van der Waals surface area (Å²) in [6, 6.07) is 7.14. The van der Waals surface area contributed by atoms with Crippen LogP contribution in [0.15, 0.2) is 35.1 Å². The van der Waals surface area contributed by atoms with Crippen molar-refractivity contribution in [2.45, 2.75) is 37.5 Å². The number of amides is 1. The van der Waals surface area contributed by atoms with Crippen molar-refractivity contribution in [3.8, 4) is 0 Å². The molecule has 1 amide bonds. The van der Waals surface area contributed by atoms with Crippen molar-refractivity contribution in [2.75, 3.05) is 13.1 Å². The summed E-state index contributed by atoms with van der Waals surface area (Å²) in [5, 5.41) is 9.37. The second-order valence-electron chi connectivity index (χ2n) is 6.80. The van der Waals surface area contributed by atoms with Gasteiger partial charge < -0.3 is 14.4 Å². The third kappa shape index (κ3) is 3.04. The summed E-state index contributed by atoms with van der Waals surface area (Å²) in [6.45, 7) is 1.20. The Kier molecular flexibility index (Phi) is 4.03. The number of carboxylic acids is 1. The van der Waals surface area contributed by atoms with Gasteiger partial charge in [-0.1, -0.05) is 18.2 Å². The minimum absolute atomic E-state index is 0.0932. The fourth-order valence-electron chi connectivity index (χ4n) is 3.65. The zero-order valence-electron chi connectivity index (χ0n) is 13.9. The fraction of sp³-hybridized carbons (Fsp3) is 0.421. The lowest BCUT2D eigenvalue weighted by molar-refractivity contribution is 0.0664. The van der Waals surface area contributed by atoms with Gasteiger partial charge in [-0.3, -0.25) is 4.79 Å². The molecule has 1 aliphatic heterocycles. The molecular formula is C19H20N2O4. The van der Waals surface area contributed by atoms with Gasteiger partial charge in [0.1, 0.15) is 0 Å². The first-order valence-corrected chi connectivity index (χ1v) is 8.70. The summed E-state index contributed by atoms with van der Waals surface area (Å²) in [7, 11) is 0. The Balaban J connectivity index is 1.46. The number of hydrogen-bond acceptors (Lipinski definition) is 4. The lowest BCUT2D eigenvalue weighted by Gasteiger charge is -2.32.